The first-order valence-corrected chi connectivity index (χ1v) is 13.2. The van der Waals surface area contributed by atoms with Gasteiger partial charge in [-0.25, -0.2) is 0 Å². The zero-order valence-corrected chi connectivity index (χ0v) is 10.3. The van der Waals surface area contributed by atoms with Crippen LogP contribution in [0, 0.1) is 0 Å². The van der Waals surface area contributed by atoms with E-state index in [1.54, 1.807) is 0 Å². The first kappa shape index (κ1) is 5.42. The molecule has 10 aliphatic heterocycles. The molecule has 1 spiro atoms. The van der Waals surface area contributed by atoms with Gasteiger partial charge < -0.3 is 0 Å². The Labute approximate surface area is 79.9 Å². The molecule has 0 aromatic rings. The van der Waals surface area contributed by atoms with Crippen molar-refractivity contribution in [3.63, 3.8) is 0 Å². The third-order valence-electron chi connectivity index (χ3n) is 15.7. The van der Waals surface area contributed by atoms with Gasteiger partial charge in [-0.3, -0.25) is 0 Å². The molecule has 4 unspecified atom stereocenters. The van der Waals surface area contributed by atoms with E-state index in [1.165, 1.54) is 49.9 Å². The van der Waals surface area contributed by atoms with Crippen LogP contribution in [0.3, 0.4) is 0 Å². The summed E-state index contributed by atoms with van der Waals surface area (Å²) < 4.78 is 1.04. The Kier molecular flexibility index (Phi) is 0.140. The summed E-state index contributed by atoms with van der Waals surface area (Å²) in [7, 11) is 2.52. The Morgan fingerprint density at radius 1 is 0.933 bits per heavy atom. The maximum absolute atomic E-state index is 2.94. The molecule has 0 aromatic heterocycles. The minimum absolute atomic E-state index is 1.04. The van der Waals surface area contributed by atoms with Crippen molar-refractivity contribution in [2.75, 3.05) is 13.6 Å². The second-order valence-corrected chi connectivity index (χ2v) is 34.2. The van der Waals surface area contributed by atoms with Gasteiger partial charge in [-0.1, -0.05) is 0 Å². The molecule has 0 bridgehead atoms. The van der Waals surface area contributed by atoms with E-state index < -0.39 is 6.51 Å². The summed E-state index contributed by atoms with van der Waals surface area (Å²) >= 11 is 0. The zero-order chi connectivity index (χ0) is 9.30. The molecule has 0 aromatic carbocycles. The van der Waals surface area contributed by atoms with Crippen LogP contribution in [0.4, 0.5) is 0 Å². The van der Waals surface area contributed by atoms with E-state index in [1.807, 2.05) is 0 Å². The summed E-state index contributed by atoms with van der Waals surface area (Å²) in [5, 5.41) is 0. The van der Waals surface area contributed by atoms with E-state index in [9.17, 15) is 0 Å². The van der Waals surface area contributed by atoms with Crippen LogP contribution < -0.4 is 0 Å². The van der Waals surface area contributed by atoms with Gasteiger partial charge in [0.2, 0.25) is 0 Å². The van der Waals surface area contributed by atoms with Crippen molar-refractivity contribution in [3.05, 3.63) is 0 Å². The molecular formula is C13H17FeN. The summed E-state index contributed by atoms with van der Waals surface area (Å²) in [5.74, 6) is 0. The first-order valence-electron chi connectivity index (χ1n) is 6.95. The molecule has 0 saturated carbocycles. The van der Waals surface area contributed by atoms with Crippen LogP contribution in [0.1, 0.15) is 6.92 Å². The monoisotopic (exact) mass is 243 g/mol. The minimum atomic E-state index is -2.70. The van der Waals surface area contributed by atoms with Crippen LogP contribution in [0.25, 0.3) is 0 Å². The van der Waals surface area contributed by atoms with Crippen LogP contribution in [0.5, 0.6) is 0 Å². The normalized spacial score (nSPS) is 134. The second-order valence-electron chi connectivity index (χ2n) is 10.7. The van der Waals surface area contributed by atoms with Crippen molar-refractivity contribution >= 4 is 0 Å². The molecular weight excluding hydrogens is 226 g/mol. The molecule has 15 heavy (non-hydrogen) atoms. The van der Waals surface area contributed by atoms with Crippen molar-refractivity contribution in [2.45, 2.75) is 54.7 Å². The third-order valence-corrected chi connectivity index (χ3v) is 57.9. The Morgan fingerprint density at radius 2 is 1.40 bits per heavy atom. The molecule has 10 heterocycles. The van der Waals surface area contributed by atoms with Crippen LogP contribution in [0.15, 0.2) is 0 Å². The van der Waals surface area contributed by atoms with E-state index in [2.05, 4.69) is 18.9 Å². The molecule has 82 valence electrons. The maximum atomic E-state index is 2.94. The van der Waals surface area contributed by atoms with Gasteiger partial charge in [0.1, 0.15) is 0 Å². The topological polar surface area (TPSA) is 3.24 Å². The molecule has 10 fully saturated rings. The van der Waals surface area contributed by atoms with Crippen LogP contribution in [-0.4, -0.2) is 22.9 Å². The van der Waals surface area contributed by atoms with Crippen LogP contribution in [-0.2, 0) is 6.51 Å². The molecule has 0 radical (unpaired) electrons. The zero-order valence-electron chi connectivity index (χ0n) is 9.20. The van der Waals surface area contributed by atoms with Gasteiger partial charge in [0.25, 0.3) is 0 Å². The molecule has 10 rings (SSSR count). The van der Waals surface area contributed by atoms with Gasteiger partial charge in [-0.05, 0) is 0 Å². The van der Waals surface area contributed by atoms with Crippen molar-refractivity contribution in [1.29, 1.82) is 0 Å². The van der Waals surface area contributed by atoms with E-state index >= 15 is 0 Å². The van der Waals surface area contributed by atoms with Crippen molar-refractivity contribution < 1.29 is 6.51 Å². The fourth-order valence-corrected chi connectivity index (χ4v) is 91.9. The average molecular weight is 243 g/mol. The first-order chi connectivity index (χ1) is 7.03. The van der Waals surface area contributed by atoms with E-state index in [4.69, 9.17) is 0 Å². The van der Waals surface area contributed by atoms with Gasteiger partial charge in [-0.15, -0.1) is 0 Å². The van der Waals surface area contributed by atoms with E-state index in [0.717, 1.165) is 4.44 Å². The predicted molar refractivity (Wildman–Crippen MR) is 54.8 cm³/mol. The number of fused-ring (bicyclic) bond motifs is 10. The van der Waals surface area contributed by atoms with E-state index in [-0.39, 0.29) is 0 Å². The molecule has 1 nitrogen and oxygen atoms in total. The number of nitrogens with zero attached hydrogens (tertiary/aromatic N) is 1. The fourth-order valence-electron chi connectivity index (χ4n) is 17.4. The van der Waals surface area contributed by atoms with Crippen molar-refractivity contribution in [3.8, 4) is 0 Å². The summed E-state index contributed by atoms with van der Waals surface area (Å²) in [6, 6.07) is 0. The molecule has 0 aliphatic carbocycles. The fraction of sp³-hybridized carbons (Fsp3) is 1.00. The van der Waals surface area contributed by atoms with E-state index in [0.29, 0.717) is 0 Å². The Hall–Kier alpha value is 0.479. The Morgan fingerprint density at radius 3 is 1.60 bits per heavy atom. The summed E-state index contributed by atoms with van der Waals surface area (Å²) in [6.07, 6.45) is 0. The number of hydrogen-bond acceptors (Lipinski definition) is 1. The molecule has 0 N–H and O–H groups in total. The Balaban J connectivity index is 1.77. The average Bonchev–Trinajstić information content (AvgIpc) is 3.18. The van der Waals surface area contributed by atoms with Crippen LogP contribution in [0.2, 0.25) is 43.3 Å². The SMILES string of the molecule is CCN(C)[C]12[CH]3[CH]4[CH]5[CH]1[Fe]45321678[CH]2[CH]1[CH]6[CH]7[CH]28. The molecule has 10 aliphatic rings. The van der Waals surface area contributed by atoms with Gasteiger partial charge in [0.05, 0.1) is 0 Å². The van der Waals surface area contributed by atoms with Crippen molar-refractivity contribution in [2.24, 2.45) is 0 Å². The summed E-state index contributed by atoms with van der Waals surface area (Å²) in [5.41, 5.74) is 0. The summed E-state index contributed by atoms with van der Waals surface area (Å²) in [4.78, 5) is 16.4. The van der Waals surface area contributed by atoms with Gasteiger partial charge in [0, 0.05) is 0 Å². The van der Waals surface area contributed by atoms with Crippen LogP contribution >= 0.6 is 0 Å². The summed E-state index contributed by atoms with van der Waals surface area (Å²) in [6.45, 7) is 1.09. The Bertz CT molecular complexity index is 817. The number of rotatable bonds is 2. The van der Waals surface area contributed by atoms with Crippen molar-refractivity contribution in [1.82, 2.24) is 4.90 Å². The second kappa shape index (κ2) is 0.387. The third kappa shape index (κ3) is 0.0460. The molecule has 4 atom stereocenters. The quantitative estimate of drug-likeness (QED) is 0.673. The molecule has 2 heteroatoms. The van der Waals surface area contributed by atoms with Gasteiger partial charge >= 0.3 is 79.7 Å². The predicted octanol–water partition coefficient (Wildman–Crippen LogP) is 3.24. The molecule has 10 saturated heterocycles. The van der Waals surface area contributed by atoms with Gasteiger partial charge in [-0.2, -0.15) is 0 Å². The van der Waals surface area contributed by atoms with Gasteiger partial charge in [0.15, 0.2) is 0 Å². The number of hydrogen-bond donors (Lipinski definition) is 0. The standard InChI is InChI=1S/C8H12N.C5H5.Fe/c1-3-9(2)8-6-4-5-7-8;1-2-4-5-3-1;/h4-7H,3H2,1-2H3;1-5H;. The molecule has 0 amide bonds.